The predicted molar refractivity (Wildman–Crippen MR) is 85.6 cm³/mol. The van der Waals surface area contributed by atoms with Crippen LogP contribution in [0, 0.1) is 0 Å². The molecule has 8 heteroatoms. The number of morpholine rings is 1. The van der Waals surface area contributed by atoms with E-state index in [0.29, 0.717) is 37.2 Å². The van der Waals surface area contributed by atoms with E-state index in [4.69, 9.17) is 9.15 Å². The minimum Gasteiger partial charge on any atom is -0.423 e. The summed E-state index contributed by atoms with van der Waals surface area (Å²) in [4.78, 5) is 14.8. The first-order chi connectivity index (χ1) is 11.5. The van der Waals surface area contributed by atoms with Crippen molar-refractivity contribution >= 4 is 5.91 Å². The lowest BCUT2D eigenvalue weighted by Crippen LogP contribution is -2.44. The fraction of sp³-hybridized carbons (Fsp3) is 0.625. The first-order valence-corrected chi connectivity index (χ1v) is 8.24. The Morgan fingerprint density at radius 1 is 1.29 bits per heavy atom. The molecule has 8 nitrogen and oxygen atoms in total. The molecule has 1 aliphatic heterocycles. The summed E-state index contributed by atoms with van der Waals surface area (Å²) in [6.07, 6.45) is 1.65. The summed E-state index contributed by atoms with van der Waals surface area (Å²) in [6, 6.07) is 1.47. The highest BCUT2D eigenvalue weighted by Crippen LogP contribution is 2.27. The molecule has 0 saturated carbocycles. The molecule has 1 aliphatic rings. The average Bonchev–Trinajstić information content (AvgIpc) is 3.23. The molecule has 3 rings (SSSR count). The van der Waals surface area contributed by atoms with Crippen molar-refractivity contribution in [3.8, 4) is 0 Å². The number of amides is 1. The van der Waals surface area contributed by atoms with Crippen molar-refractivity contribution in [3.05, 3.63) is 29.7 Å². The van der Waals surface area contributed by atoms with Gasteiger partial charge in [-0.2, -0.15) is 5.10 Å². The minimum atomic E-state index is -0.373. The maximum Gasteiger partial charge on any atom is 0.272 e. The van der Waals surface area contributed by atoms with Crippen LogP contribution in [-0.2, 0) is 4.74 Å². The van der Waals surface area contributed by atoms with Crippen LogP contribution in [0.2, 0.25) is 0 Å². The van der Waals surface area contributed by atoms with Crippen molar-refractivity contribution in [2.75, 3.05) is 19.8 Å². The van der Waals surface area contributed by atoms with E-state index in [0.717, 1.165) is 0 Å². The highest BCUT2D eigenvalue weighted by molar-refractivity contribution is 5.92. The third-order valence-electron chi connectivity index (χ3n) is 4.00. The lowest BCUT2D eigenvalue weighted by atomic mass is 10.2. The Bertz CT molecular complexity index is 706. The summed E-state index contributed by atoms with van der Waals surface area (Å²) in [7, 11) is 0. The molecule has 24 heavy (non-hydrogen) atoms. The van der Waals surface area contributed by atoms with Gasteiger partial charge in [0.2, 0.25) is 11.8 Å². The summed E-state index contributed by atoms with van der Waals surface area (Å²) in [5.41, 5.74) is 0.556. The van der Waals surface area contributed by atoms with Crippen LogP contribution in [0.1, 0.15) is 68.0 Å². The fourth-order valence-corrected chi connectivity index (χ4v) is 2.71. The van der Waals surface area contributed by atoms with Gasteiger partial charge in [0, 0.05) is 24.7 Å². The molecular weight excluding hydrogens is 310 g/mol. The summed E-state index contributed by atoms with van der Waals surface area (Å²) in [5, 5.41) is 12.4. The molecule has 2 aromatic heterocycles. The maximum absolute atomic E-state index is 13.0. The fourth-order valence-electron chi connectivity index (χ4n) is 2.71. The average molecular weight is 333 g/mol. The van der Waals surface area contributed by atoms with Gasteiger partial charge >= 0.3 is 0 Å². The molecule has 1 unspecified atom stereocenters. The smallest absolute Gasteiger partial charge is 0.272 e. The number of ether oxygens (including phenoxy) is 1. The van der Waals surface area contributed by atoms with Gasteiger partial charge in [0.15, 0.2) is 0 Å². The van der Waals surface area contributed by atoms with Crippen molar-refractivity contribution < 1.29 is 13.9 Å². The van der Waals surface area contributed by atoms with Crippen molar-refractivity contribution in [3.63, 3.8) is 0 Å². The number of nitrogens with zero attached hydrogens (tertiary/aromatic N) is 5. The van der Waals surface area contributed by atoms with Crippen LogP contribution >= 0.6 is 0 Å². The molecule has 130 valence electrons. The van der Waals surface area contributed by atoms with Gasteiger partial charge in [-0.1, -0.05) is 13.8 Å². The van der Waals surface area contributed by atoms with Gasteiger partial charge in [-0.15, -0.1) is 10.2 Å². The van der Waals surface area contributed by atoms with Crippen molar-refractivity contribution in [2.24, 2.45) is 0 Å². The SMILES string of the molecule is CC(C)c1nnc(C2COCCN2C(=O)c2ccnn2C(C)C)o1. The van der Waals surface area contributed by atoms with Crippen molar-refractivity contribution in [2.45, 2.75) is 45.7 Å². The number of hydrogen-bond acceptors (Lipinski definition) is 6. The topological polar surface area (TPSA) is 86.3 Å². The maximum atomic E-state index is 13.0. The highest BCUT2D eigenvalue weighted by atomic mass is 16.5. The Morgan fingerprint density at radius 3 is 2.75 bits per heavy atom. The molecule has 0 N–H and O–H groups in total. The van der Waals surface area contributed by atoms with Crippen molar-refractivity contribution in [1.82, 2.24) is 24.9 Å². The van der Waals surface area contributed by atoms with Gasteiger partial charge in [0.25, 0.3) is 5.91 Å². The van der Waals surface area contributed by atoms with E-state index in [-0.39, 0.29) is 23.9 Å². The van der Waals surface area contributed by atoms with Gasteiger partial charge < -0.3 is 14.1 Å². The van der Waals surface area contributed by atoms with Crippen LogP contribution in [0.25, 0.3) is 0 Å². The summed E-state index contributed by atoms with van der Waals surface area (Å²) in [6.45, 7) is 9.27. The monoisotopic (exact) mass is 333 g/mol. The normalized spacial score (nSPS) is 18.6. The molecular formula is C16H23N5O3. The van der Waals surface area contributed by atoms with E-state index in [1.165, 1.54) is 0 Å². The molecule has 0 aliphatic carbocycles. The van der Waals surface area contributed by atoms with Crippen LogP contribution in [0.3, 0.4) is 0 Å². The molecule has 0 radical (unpaired) electrons. The molecule has 1 fully saturated rings. The van der Waals surface area contributed by atoms with Gasteiger partial charge in [-0.3, -0.25) is 9.48 Å². The van der Waals surface area contributed by atoms with Gasteiger partial charge in [0.1, 0.15) is 11.7 Å². The van der Waals surface area contributed by atoms with E-state index >= 15 is 0 Å². The first-order valence-electron chi connectivity index (χ1n) is 8.24. The molecule has 0 aromatic carbocycles. The number of carbonyl (C=O) groups is 1. The molecule has 1 saturated heterocycles. The third kappa shape index (κ3) is 3.06. The van der Waals surface area contributed by atoms with Crippen molar-refractivity contribution in [1.29, 1.82) is 0 Å². The summed E-state index contributed by atoms with van der Waals surface area (Å²) in [5.74, 6) is 1.03. The summed E-state index contributed by atoms with van der Waals surface area (Å²) < 4.78 is 13.0. The highest BCUT2D eigenvalue weighted by Gasteiger charge is 2.34. The Morgan fingerprint density at radius 2 is 2.08 bits per heavy atom. The van der Waals surface area contributed by atoms with Gasteiger partial charge in [-0.25, -0.2) is 0 Å². The molecule has 0 spiro atoms. The van der Waals surface area contributed by atoms with E-state index < -0.39 is 0 Å². The quantitative estimate of drug-likeness (QED) is 0.852. The van der Waals surface area contributed by atoms with Crippen LogP contribution in [-0.4, -0.2) is 50.5 Å². The Balaban J connectivity index is 1.88. The largest absolute Gasteiger partial charge is 0.423 e. The van der Waals surface area contributed by atoms with E-state index in [2.05, 4.69) is 15.3 Å². The van der Waals surface area contributed by atoms with Crippen LogP contribution in [0.15, 0.2) is 16.7 Å². The van der Waals surface area contributed by atoms with Gasteiger partial charge in [-0.05, 0) is 19.9 Å². The predicted octanol–water partition coefficient (Wildman–Crippen LogP) is 2.18. The molecule has 1 amide bonds. The Kier molecular flexibility index (Phi) is 4.66. The number of carbonyl (C=O) groups excluding carboxylic acids is 1. The number of hydrogen-bond donors (Lipinski definition) is 0. The lowest BCUT2D eigenvalue weighted by molar-refractivity contribution is -0.0114. The standard InChI is InChI=1S/C16H23N5O3/c1-10(2)14-18-19-15(24-14)13-9-23-8-7-20(13)16(22)12-5-6-17-21(12)11(3)4/h5-6,10-11,13H,7-9H2,1-4H3. The van der Waals surface area contributed by atoms with E-state index in [1.54, 1.807) is 21.8 Å². The second kappa shape index (κ2) is 6.72. The number of rotatable bonds is 4. The molecule has 1 atom stereocenters. The van der Waals surface area contributed by atoms with Crippen LogP contribution in [0.4, 0.5) is 0 Å². The molecule has 3 heterocycles. The Hall–Kier alpha value is -2.22. The zero-order chi connectivity index (χ0) is 17.3. The van der Waals surface area contributed by atoms with E-state index in [1.807, 2.05) is 27.7 Å². The third-order valence-corrected chi connectivity index (χ3v) is 4.00. The second-order valence-electron chi connectivity index (χ2n) is 6.48. The summed E-state index contributed by atoms with van der Waals surface area (Å²) >= 11 is 0. The second-order valence-corrected chi connectivity index (χ2v) is 6.48. The van der Waals surface area contributed by atoms with Crippen LogP contribution in [0.5, 0.6) is 0 Å². The minimum absolute atomic E-state index is 0.0983. The lowest BCUT2D eigenvalue weighted by Gasteiger charge is -2.33. The first kappa shape index (κ1) is 16.6. The zero-order valence-corrected chi connectivity index (χ0v) is 14.5. The Labute approximate surface area is 140 Å². The zero-order valence-electron chi connectivity index (χ0n) is 14.5. The number of aromatic nitrogens is 4. The molecule has 0 bridgehead atoms. The van der Waals surface area contributed by atoms with E-state index in [9.17, 15) is 4.79 Å². The molecule has 2 aromatic rings. The van der Waals surface area contributed by atoms with Crippen LogP contribution < -0.4 is 0 Å². The van der Waals surface area contributed by atoms with Gasteiger partial charge in [0.05, 0.1) is 13.2 Å².